The van der Waals surface area contributed by atoms with Gasteiger partial charge in [-0.05, 0) is 37.1 Å². The summed E-state index contributed by atoms with van der Waals surface area (Å²) in [6.45, 7) is 3.29. The average Bonchev–Trinajstić information content (AvgIpc) is 2.92. The molecule has 6 heteroatoms. The number of halogens is 1. The van der Waals surface area contributed by atoms with E-state index in [9.17, 15) is 4.79 Å². The van der Waals surface area contributed by atoms with Gasteiger partial charge in [0.25, 0.3) is 0 Å². The normalized spacial score (nSPS) is 10.3. The first-order chi connectivity index (χ1) is 9.65. The first-order valence-electron chi connectivity index (χ1n) is 6.43. The third kappa shape index (κ3) is 4.28. The molecule has 1 aromatic carbocycles. The zero-order chi connectivity index (χ0) is 14.4. The average molecular weight is 293 g/mol. The fourth-order valence-corrected chi connectivity index (χ4v) is 1.94. The van der Waals surface area contributed by atoms with Crippen LogP contribution in [-0.4, -0.2) is 22.4 Å². The lowest BCUT2D eigenvalue weighted by molar-refractivity contribution is 0.251. The van der Waals surface area contributed by atoms with E-state index in [4.69, 9.17) is 11.6 Å². The highest BCUT2D eigenvalue weighted by Crippen LogP contribution is 2.19. The molecular weight excluding hydrogens is 276 g/mol. The number of aromatic nitrogens is 2. The Balaban J connectivity index is 1.73. The molecular formula is C14H17ClN4O. The first kappa shape index (κ1) is 14.4. The molecule has 0 spiro atoms. The predicted octanol–water partition coefficient (Wildman–Crippen LogP) is 3.06. The van der Waals surface area contributed by atoms with Gasteiger partial charge in [-0.1, -0.05) is 17.7 Å². The van der Waals surface area contributed by atoms with Crippen LogP contribution in [0.15, 0.2) is 36.7 Å². The number of urea groups is 1. The molecule has 0 aliphatic carbocycles. The summed E-state index contributed by atoms with van der Waals surface area (Å²) in [4.78, 5) is 11.7. The van der Waals surface area contributed by atoms with Crippen molar-refractivity contribution >= 4 is 23.3 Å². The summed E-state index contributed by atoms with van der Waals surface area (Å²) in [5.74, 6) is 0. The van der Waals surface area contributed by atoms with Crippen molar-refractivity contribution in [2.24, 2.45) is 0 Å². The number of hydrogen-bond acceptors (Lipinski definition) is 2. The van der Waals surface area contributed by atoms with Gasteiger partial charge in [-0.3, -0.25) is 4.68 Å². The molecule has 0 bridgehead atoms. The molecule has 2 amide bonds. The van der Waals surface area contributed by atoms with Crippen molar-refractivity contribution in [2.45, 2.75) is 19.9 Å². The van der Waals surface area contributed by atoms with E-state index in [2.05, 4.69) is 15.7 Å². The molecule has 0 saturated carbocycles. The van der Waals surface area contributed by atoms with Crippen LogP contribution >= 0.6 is 11.6 Å². The number of carbonyl (C=O) groups is 1. The minimum atomic E-state index is -0.226. The van der Waals surface area contributed by atoms with E-state index >= 15 is 0 Å². The number of benzene rings is 1. The molecule has 0 radical (unpaired) electrons. The SMILES string of the molecule is Cc1ccc(Cl)cc1NC(=O)NCCCn1cccn1. The summed E-state index contributed by atoms with van der Waals surface area (Å²) in [6.07, 6.45) is 4.46. The standard InChI is InChI=1S/C14H17ClN4O/c1-11-4-5-12(15)10-13(11)18-14(20)16-6-2-8-19-9-3-7-17-19/h3-5,7,9-10H,2,6,8H2,1H3,(H2,16,18,20). The second-order valence-electron chi connectivity index (χ2n) is 4.46. The molecule has 2 N–H and O–H groups in total. The van der Waals surface area contributed by atoms with Crippen LogP contribution < -0.4 is 10.6 Å². The van der Waals surface area contributed by atoms with E-state index < -0.39 is 0 Å². The third-order valence-electron chi connectivity index (χ3n) is 2.86. The number of nitrogens with zero attached hydrogens (tertiary/aromatic N) is 2. The van der Waals surface area contributed by atoms with Crippen LogP contribution in [0.4, 0.5) is 10.5 Å². The van der Waals surface area contributed by atoms with E-state index in [1.165, 1.54) is 0 Å². The van der Waals surface area contributed by atoms with Crippen LogP contribution in [0.3, 0.4) is 0 Å². The molecule has 1 aromatic heterocycles. The predicted molar refractivity (Wildman–Crippen MR) is 80.1 cm³/mol. The number of amides is 2. The smallest absolute Gasteiger partial charge is 0.319 e. The summed E-state index contributed by atoms with van der Waals surface area (Å²) >= 11 is 5.90. The van der Waals surface area contributed by atoms with Crippen LogP contribution in [-0.2, 0) is 6.54 Å². The van der Waals surface area contributed by atoms with E-state index in [-0.39, 0.29) is 6.03 Å². The summed E-state index contributed by atoms with van der Waals surface area (Å²) in [5.41, 5.74) is 1.70. The van der Waals surface area contributed by atoms with Crippen molar-refractivity contribution in [3.63, 3.8) is 0 Å². The van der Waals surface area contributed by atoms with Gasteiger partial charge < -0.3 is 10.6 Å². The van der Waals surface area contributed by atoms with E-state index in [0.29, 0.717) is 11.6 Å². The third-order valence-corrected chi connectivity index (χ3v) is 3.09. The Morgan fingerprint density at radius 3 is 3.05 bits per heavy atom. The minimum absolute atomic E-state index is 0.226. The first-order valence-corrected chi connectivity index (χ1v) is 6.81. The molecule has 0 saturated heterocycles. The van der Waals surface area contributed by atoms with Gasteiger partial charge in [0.2, 0.25) is 0 Å². The molecule has 0 aliphatic rings. The van der Waals surface area contributed by atoms with Crippen LogP contribution in [0.1, 0.15) is 12.0 Å². The number of anilines is 1. The van der Waals surface area contributed by atoms with Crippen LogP contribution in [0.25, 0.3) is 0 Å². The van der Waals surface area contributed by atoms with Gasteiger partial charge >= 0.3 is 6.03 Å². The van der Waals surface area contributed by atoms with Gasteiger partial charge in [0.05, 0.1) is 0 Å². The summed E-state index contributed by atoms with van der Waals surface area (Å²) in [6, 6.07) is 7.05. The number of nitrogens with one attached hydrogen (secondary N) is 2. The molecule has 0 fully saturated rings. The molecule has 0 aliphatic heterocycles. The van der Waals surface area contributed by atoms with Gasteiger partial charge in [0.15, 0.2) is 0 Å². The van der Waals surface area contributed by atoms with Gasteiger partial charge in [0.1, 0.15) is 0 Å². The zero-order valence-electron chi connectivity index (χ0n) is 11.3. The zero-order valence-corrected chi connectivity index (χ0v) is 12.0. The van der Waals surface area contributed by atoms with Gasteiger partial charge in [-0.2, -0.15) is 5.10 Å². The lowest BCUT2D eigenvalue weighted by Crippen LogP contribution is -2.30. The largest absolute Gasteiger partial charge is 0.338 e. The molecule has 20 heavy (non-hydrogen) atoms. The Bertz CT molecular complexity index is 569. The van der Waals surface area contributed by atoms with Crippen molar-refractivity contribution in [3.8, 4) is 0 Å². The van der Waals surface area contributed by atoms with E-state index in [1.54, 1.807) is 18.3 Å². The molecule has 5 nitrogen and oxygen atoms in total. The molecule has 0 atom stereocenters. The van der Waals surface area contributed by atoms with Crippen molar-refractivity contribution in [1.29, 1.82) is 0 Å². The Labute approximate surface area is 122 Å². The quantitative estimate of drug-likeness (QED) is 0.832. The number of carbonyl (C=O) groups excluding carboxylic acids is 1. The highest BCUT2D eigenvalue weighted by Gasteiger charge is 2.04. The van der Waals surface area contributed by atoms with E-state index in [0.717, 1.165) is 24.2 Å². The summed E-state index contributed by atoms with van der Waals surface area (Å²) < 4.78 is 1.83. The van der Waals surface area contributed by atoms with Crippen LogP contribution in [0.2, 0.25) is 5.02 Å². The Kier molecular flexibility index (Phi) is 5.01. The molecule has 2 aromatic rings. The van der Waals surface area contributed by atoms with Crippen molar-refractivity contribution in [3.05, 3.63) is 47.2 Å². The summed E-state index contributed by atoms with van der Waals surface area (Å²) in [5, 5.41) is 10.3. The highest BCUT2D eigenvalue weighted by molar-refractivity contribution is 6.31. The highest BCUT2D eigenvalue weighted by atomic mass is 35.5. The minimum Gasteiger partial charge on any atom is -0.338 e. The van der Waals surface area contributed by atoms with Crippen LogP contribution in [0, 0.1) is 6.92 Å². The maximum absolute atomic E-state index is 11.7. The van der Waals surface area contributed by atoms with Gasteiger partial charge in [-0.25, -0.2) is 4.79 Å². The molecule has 1 heterocycles. The van der Waals surface area contributed by atoms with Crippen molar-refractivity contribution < 1.29 is 4.79 Å². The van der Waals surface area contributed by atoms with E-state index in [1.807, 2.05) is 29.9 Å². The monoisotopic (exact) mass is 292 g/mol. The maximum atomic E-state index is 11.7. The maximum Gasteiger partial charge on any atom is 0.319 e. The number of hydrogen-bond donors (Lipinski definition) is 2. The second-order valence-corrected chi connectivity index (χ2v) is 4.90. The van der Waals surface area contributed by atoms with Crippen molar-refractivity contribution in [1.82, 2.24) is 15.1 Å². The van der Waals surface area contributed by atoms with Crippen LogP contribution in [0.5, 0.6) is 0 Å². The van der Waals surface area contributed by atoms with Crippen molar-refractivity contribution in [2.75, 3.05) is 11.9 Å². The molecule has 2 rings (SSSR count). The lowest BCUT2D eigenvalue weighted by Gasteiger charge is -2.10. The Morgan fingerprint density at radius 1 is 1.45 bits per heavy atom. The Hall–Kier alpha value is -2.01. The van der Waals surface area contributed by atoms with Gasteiger partial charge in [0, 0.05) is 36.2 Å². The van der Waals surface area contributed by atoms with Gasteiger partial charge in [-0.15, -0.1) is 0 Å². The fraction of sp³-hybridized carbons (Fsp3) is 0.286. The second kappa shape index (κ2) is 6.96. The fourth-order valence-electron chi connectivity index (χ4n) is 1.77. The lowest BCUT2D eigenvalue weighted by atomic mass is 10.2. The number of aryl methyl sites for hydroxylation is 2. The molecule has 106 valence electrons. The Morgan fingerprint density at radius 2 is 2.30 bits per heavy atom. The topological polar surface area (TPSA) is 59.0 Å². The summed E-state index contributed by atoms with van der Waals surface area (Å²) in [7, 11) is 0. The number of rotatable bonds is 5. The molecule has 0 unspecified atom stereocenters.